The molecule has 0 unspecified atom stereocenters. The number of Topliss-reactive ketones (excluding diaryl/α,β-unsaturated/α-hetero) is 1. The highest BCUT2D eigenvalue weighted by molar-refractivity contribution is 5.98. The number of fused-ring (bicyclic) bond motifs is 1. The predicted molar refractivity (Wildman–Crippen MR) is 92.1 cm³/mol. The van der Waals surface area contributed by atoms with Gasteiger partial charge < -0.3 is 10.2 Å². The normalized spacial score (nSPS) is 13.3. The molecule has 3 rings (SSSR count). The van der Waals surface area contributed by atoms with Gasteiger partial charge in [-0.1, -0.05) is 30.3 Å². The summed E-state index contributed by atoms with van der Waals surface area (Å²) in [4.78, 5) is 25.9. The number of aryl methyl sites for hydroxylation is 1. The molecule has 1 N–H and O–H groups in total. The van der Waals surface area contributed by atoms with Gasteiger partial charge in [0, 0.05) is 23.5 Å². The Morgan fingerprint density at radius 3 is 2.78 bits per heavy atom. The number of anilines is 2. The SMILES string of the molecule is CC(=O)c1cccc(NC(=O)CN2CCCc3ccccc32)c1. The molecule has 0 atom stereocenters. The second-order valence-electron chi connectivity index (χ2n) is 5.84. The Balaban J connectivity index is 1.69. The van der Waals surface area contributed by atoms with Crippen LogP contribution in [-0.2, 0) is 11.2 Å². The fraction of sp³-hybridized carbons (Fsp3) is 0.263. The summed E-state index contributed by atoms with van der Waals surface area (Å²) in [5, 5.41) is 2.88. The zero-order valence-electron chi connectivity index (χ0n) is 13.2. The molecule has 118 valence electrons. The third kappa shape index (κ3) is 3.59. The van der Waals surface area contributed by atoms with Crippen LogP contribution in [0.25, 0.3) is 0 Å². The van der Waals surface area contributed by atoms with Gasteiger partial charge in [-0.05, 0) is 43.5 Å². The number of carbonyl (C=O) groups is 2. The summed E-state index contributed by atoms with van der Waals surface area (Å²) in [7, 11) is 0. The van der Waals surface area contributed by atoms with Crippen molar-refractivity contribution >= 4 is 23.1 Å². The lowest BCUT2D eigenvalue weighted by Gasteiger charge is -2.30. The number of hydrogen-bond donors (Lipinski definition) is 1. The lowest BCUT2D eigenvalue weighted by atomic mass is 10.0. The maximum absolute atomic E-state index is 12.3. The molecule has 2 aromatic carbocycles. The van der Waals surface area contributed by atoms with Crippen molar-refractivity contribution in [1.82, 2.24) is 0 Å². The molecule has 0 saturated heterocycles. The average molecular weight is 308 g/mol. The molecule has 0 fully saturated rings. The summed E-state index contributed by atoms with van der Waals surface area (Å²) in [6, 6.07) is 15.3. The highest BCUT2D eigenvalue weighted by Gasteiger charge is 2.18. The van der Waals surface area contributed by atoms with E-state index < -0.39 is 0 Å². The van der Waals surface area contributed by atoms with Gasteiger partial charge in [0.05, 0.1) is 6.54 Å². The van der Waals surface area contributed by atoms with Crippen LogP contribution in [0.1, 0.15) is 29.3 Å². The second kappa shape index (κ2) is 6.65. The summed E-state index contributed by atoms with van der Waals surface area (Å²) < 4.78 is 0. The maximum Gasteiger partial charge on any atom is 0.243 e. The van der Waals surface area contributed by atoms with Gasteiger partial charge in [0.2, 0.25) is 5.91 Å². The highest BCUT2D eigenvalue weighted by Crippen LogP contribution is 2.26. The van der Waals surface area contributed by atoms with Crippen LogP contribution in [0, 0.1) is 0 Å². The molecule has 0 saturated carbocycles. The number of nitrogens with one attached hydrogen (secondary N) is 1. The monoisotopic (exact) mass is 308 g/mol. The molecule has 1 aliphatic rings. The Morgan fingerprint density at radius 2 is 1.96 bits per heavy atom. The smallest absolute Gasteiger partial charge is 0.243 e. The van der Waals surface area contributed by atoms with E-state index in [1.165, 1.54) is 12.5 Å². The van der Waals surface area contributed by atoms with Crippen LogP contribution in [0.5, 0.6) is 0 Å². The third-order valence-corrected chi connectivity index (χ3v) is 4.09. The molecule has 1 heterocycles. The van der Waals surface area contributed by atoms with Crippen molar-refractivity contribution in [3.8, 4) is 0 Å². The van der Waals surface area contributed by atoms with E-state index in [-0.39, 0.29) is 11.7 Å². The molecule has 4 heteroatoms. The van der Waals surface area contributed by atoms with Gasteiger partial charge in [0.25, 0.3) is 0 Å². The Hall–Kier alpha value is -2.62. The molecular formula is C19H20N2O2. The molecule has 2 aromatic rings. The van der Waals surface area contributed by atoms with Crippen molar-refractivity contribution in [2.75, 3.05) is 23.3 Å². The Morgan fingerprint density at radius 1 is 1.13 bits per heavy atom. The fourth-order valence-corrected chi connectivity index (χ4v) is 2.97. The molecule has 4 nitrogen and oxygen atoms in total. The molecule has 0 aromatic heterocycles. The fourth-order valence-electron chi connectivity index (χ4n) is 2.97. The van der Waals surface area contributed by atoms with Gasteiger partial charge in [-0.25, -0.2) is 0 Å². The predicted octanol–water partition coefficient (Wildman–Crippen LogP) is 3.28. The molecule has 0 spiro atoms. The molecule has 1 aliphatic heterocycles. The summed E-state index contributed by atoms with van der Waals surface area (Å²) in [5.41, 5.74) is 3.70. The van der Waals surface area contributed by atoms with Gasteiger partial charge >= 0.3 is 0 Å². The van der Waals surface area contributed by atoms with Crippen LogP contribution >= 0.6 is 0 Å². The molecule has 1 amide bonds. The summed E-state index contributed by atoms with van der Waals surface area (Å²) >= 11 is 0. The van der Waals surface area contributed by atoms with Gasteiger partial charge in [-0.2, -0.15) is 0 Å². The first kappa shape index (κ1) is 15.3. The van der Waals surface area contributed by atoms with Gasteiger partial charge in [0.15, 0.2) is 5.78 Å². The quantitative estimate of drug-likeness (QED) is 0.882. The van der Waals surface area contributed by atoms with Crippen molar-refractivity contribution in [2.24, 2.45) is 0 Å². The van der Waals surface area contributed by atoms with E-state index in [0.29, 0.717) is 17.8 Å². The van der Waals surface area contributed by atoms with E-state index in [9.17, 15) is 9.59 Å². The van der Waals surface area contributed by atoms with Crippen molar-refractivity contribution < 1.29 is 9.59 Å². The first-order chi connectivity index (χ1) is 11.1. The largest absolute Gasteiger partial charge is 0.362 e. The van der Waals surface area contributed by atoms with E-state index in [1.54, 1.807) is 24.3 Å². The number of benzene rings is 2. The number of ketones is 1. The topological polar surface area (TPSA) is 49.4 Å². The molecule has 0 bridgehead atoms. The molecule has 23 heavy (non-hydrogen) atoms. The number of carbonyl (C=O) groups excluding carboxylic acids is 2. The Bertz CT molecular complexity index is 740. The minimum Gasteiger partial charge on any atom is -0.362 e. The third-order valence-electron chi connectivity index (χ3n) is 4.09. The highest BCUT2D eigenvalue weighted by atomic mass is 16.2. The minimum absolute atomic E-state index is 0.00828. The standard InChI is InChI=1S/C19H20N2O2/c1-14(22)16-7-4-9-17(12-16)20-19(23)13-21-11-5-8-15-6-2-3-10-18(15)21/h2-4,6-7,9-10,12H,5,8,11,13H2,1H3,(H,20,23). The van der Waals surface area contributed by atoms with Gasteiger partial charge in [-0.3, -0.25) is 9.59 Å². The summed E-state index contributed by atoms with van der Waals surface area (Å²) in [5.74, 6) is -0.0755. The number of nitrogens with zero attached hydrogens (tertiary/aromatic N) is 1. The van der Waals surface area contributed by atoms with Crippen molar-refractivity contribution in [2.45, 2.75) is 19.8 Å². The van der Waals surface area contributed by atoms with Crippen LogP contribution in [0.15, 0.2) is 48.5 Å². The van der Waals surface area contributed by atoms with E-state index in [4.69, 9.17) is 0 Å². The van der Waals surface area contributed by atoms with E-state index in [0.717, 1.165) is 25.1 Å². The molecule has 0 radical (unpaired) electrons. The van der Waals surface area contributed by atoms with Crippen LogP contribution in [0.2, 0.25) is 0 Å². The summed E-state index contributed by atoms with van der Waals surface area (Å²) in [6.07, 6.45) is 2.12. The van der Waals surface area contributed by atoms with Gasteiger partial charge in [-0.15, -0.1) is 0 Å². The number of hydrogen-bond acceptors (Lipinski definition) is 3. The first-order valence-corrected chi connectivity index (χ1v) is 7.87. The number of rotatable bonds is 4. The average Bonchev–Trinajstić information content (AvgIpc) is 2.55. The Labute approximate surface area is 136 Å². The second-order valence-corrected chi connectivity index (χ2v) is 5.84. The lowest BCUT2D eigenvalue weighted by Crippen LogP contribution is -2.36. The lowest BCUT2D eigenvalue weighted by molar-refractivity contribution is -0.115. The van der Waals surface area contributed by atoms with Gasteiger partial charge in [0.1, 0.15) is 0 Å². The maximum atomic E-state index is 12.3. The van der Waals surface area contributed by atoms with Crippen molar-refractivity contribution in [1.29, 1.82) is 0 Å². The van der Waals surface area contributed by atoms with Crippen LogP contribution < -0.4 is 10.2 Å². The number of amides is 1. The van der Waals surface area contributed by atoms with Crippen molar-refractivity contribution in [3.63, 3.8) is 0 Å². The van der Waals surface area contributed by atoms with E-state index >= 15 is 0 Å². The minimum atomic E-state index is -0.0672. The zero-order valence-corrected chi connectivity index (χ0v) is 13.2. The molecule has 0 aliphatic carbocycles. The van der Waals surface area contributed by atoms with E-state index in [1.807, 2.05) is 12.1 Å². The Kier molecular flexibility index (Phi) is 4.42. The van der Waals surface area contributed by atoms with E-state index in [2.05, 4.69) is 22.3 Å². The zero-order chi connectivity index (χ0) is 16.2. The van der Waals surface area contributed by atoms with Crippen LogP contribution in [-0.4, -0.2) is 24.8 Å². The van der Waals surface area contributed by atoms with Crippen LogP contribution in [0.3, 0.4) is 0 Å². The molecular weight excluding hydrogens is 288 g/mol. The van der Waals surface area contributed by atoms with Crippen molar-refractivity contribution in [3.05, 3.63) is 59.7 Å². The van der Waals surface area contributed by atoms with Crippen LogP contribution in [0.4, 0.5) is 11.4 Å². The number of para-hydroxylation sites is 1. The summed E-state index contributed by atoms with van der Waals surface area (Å²) in [6.45, 7) is 2.73. The first-order valence-electron chi connectivity index (χ1n) is 7.87.